The number of hydrogen-bond donors (Lipinski definition) is 2. The van der Waals surface area contributed by atoms with E-state index in [2.05, 4.69) is 20.2 Å². The zero-order valence-corrected chi connectivity index (χ0v) is 18.4. The molecule has 11 heteroatoms. The van der Waals surface area contributed by atoms with Crippen LogP contribution in [0.25, 0.3) is 0 Å². The van der Waals surface area contributed by atoms with E-state index < -0.39 is 0 Å². The van der Waals surface area contributed by atoms with Gasteiger partial charge < -0.3 is 20.9 Å². The van der Waals surface area contributed by atoms with Crippen molar-refractivity contribution in [2.24, 2.45) is 5.73 Å². The van der Waals surface area contributed by atoms with Crippen LogP contribution in [0.5, 0.6) is 0 Å². The molecule has 0 aromatic carbocycles. The van der Waals surface area contributed by atoms with Gasteiger partial charge in [-0.3, -0.25) is 9.59 Å². The second-order valence-electron chi connectivity index (χ2n) is 6.23. The smallest absolute Gasteiger partial charge is 0.270 e. The Morgan fingerprint density at radius 2 is 1.93 bits per heavy atom. The molecule has 1 aliphatic rings. The average molecular weight is 461 g/mol. The molecule has 0 saturated carbocycles. The summed E-state index contributed by atoms with van der Waals surface area (Å²) >= 11 is 1.43. The Labute approximate surface area is 186 Å². The first-order valence-electron chi connectivity index (χ1n) is 9.04. The number of amides is 2. The lowest BCUT2D eigenvalue weighted by molar-refractivity contribution is -0.131. The van der Waals surface area contributed by atoms with Crippen LogP contribution < -0.4 is 16.0 Å². The molecule has 3 N–H and O–H groups in total. The first-order chi connectivity index (χ1) is 13.2. The van der Waals surface area contributed by atoms with Gasteiger partial charge in [0, 0.05) is 57.1 Å². The molecule has 0 spiro atoms. The number of pyridine rings is 1. The summed E-state index contributed by atoms with van der Waals surface area (Å²) in [6, 6.07) is 5.83. The van der Waals surface area contributed by atoms with E-state index in [1.165, 1.54) is 11.3 Å². The van der Waals surface area contributed by atoms with E-state index in [1.54, 1.807) is 11.6 Å². The molecule has 1 aliphatic heterocycles. The topological polar surface area (TPSA) is 104 Å². The number of aromatic nitrogens is 2. The summed E-state index contributed by atoms with van der Waals surface area (Å²) in [6.45, 7) is 3.67. The SMILES string of the molecule is Cl.Cl.NCCc1nc(C(=O)NCCC(=O)N2CCN(c3ccccn3)CC2)cs1. The maximum absolute atomic E-state index is 12.4. The second-order valence-corrected chi connectivity index (χ2v) is 7.17. The zero-order valence-electron chi connectivity index (χ0n) is 16.0. The van der Waals surface area contributed by atoms with Crippen molar-refractivity contribution in [2.45, 2.75) is 12.8 Å². The molecule has 3 rings (SSSR count). The minimum absolute atomic E-state index is 0. The number of nitrogens with zero attached hydrogens (tertiary/aromatic N) is 4. The number of carbonyl (C=O) groups is 2. The number of carbonyl (C=O) groups excluding carboxylic acids is 2. The minimum atomic E-state index is -0.248. The van der Waals surface area contributed by atoms with E-state index in [0.29, 0.717) is 38.3 Å². The molecular weight excluding hydrogens is 435 g/mol. The summed E-state index contributed by atoms with van der Waals surface area (Å²) in [5.41, 5.74) is 5.88. The summed E-state index contributed by atoms with van der Waals surface area (Å²) in [5.74, 6) is 0.745. The number of thiazole rings is 1. The zero-order chi connectivity index (χ0) is 19.1. The Hall–Kier alpha value is -1.94. The molecule has 0 atom stereocenters. The molecule has 160 valence electrons. The molecule has 2 aromatic rings. The van der Waals surface area contributed by atoms with Gasteiger partial charge in [0.15, 0.2) is 0 Å². The van der Waals surface area contributed by atoms with Gasteiger partial charge in [0.05, 0.1) is 5.01 Å². The van der Waals surface area contributed by atoms with Gasteiger partial charge in [0.1, 0.15) is 11.5 Å². The van der Waals surface area contributed by atoms with Gasteiger partial charge in [-0.25, -0.2) is 9.97 Å². The summed E-state index contributed by atoms with van der Waals surface area (Å²) < 4.78 is 0. The van der Waals surface area contributed by atoms with Crippen molar-refractivity contribution in [3.63, 3.8) is 0 Å². The first kappa shape index (κ1) is 25.1. The molecule has 29 heavy (non-hydrogen) atoms. The highest BCUT2D eigenvalue weighted by Gasteiger charge is 2.21. The van der Waals surface area contributed by atoms with Gasteiger partial charge in [0.2, 0.25) is 5.91 Å². The lowest BCUT2D eigenvalue weighted by Gasteiger charge is -2.35. The van der Waals surface area contributed by atoms with E-state index in [-0.39, 0.29) is 43.0 Å². The highest BCUT2D eigenvalue weighted by atomic mass is 35.5. The van der Waals surface area contributed by atoms with E-state index in [0.717, 1.165) is 23.9 Å². The highest BCUT2D eigenvalue weighted by molar-refractivity contribution is 7.09. The van der Waals surface area contributed by atoms with Crippen LogP contribution in [-0.4, -0.2) is 66.0 Å². The Morgan fingerprint density at radius 3 is 2.59 bits per heavy atom. The first-order valence-corrected chi connectivity index (χ1v) is 9.92. The fourth-order valence-electron chi connectivity index (χ4n) is 2.91. The Bertz CT molecular complexity index is 769. The quantitative estimate of drug-likeness (QED) is 0.645. The van der Waals surface area contributed by atoms with Crippen molar-refractivity contribution in [2.75, 3.05) is 44.2 Å². The van der Waals surface area contributed by atoms with Crippen LogP contribution in [0.4, 0.5) is 5.82 Å². The monoisotopic (exact) mass is 460 g/mol. The summed E-state index contributed by atoms with van der Waals surface area (Å²) in [7, 11) is 0. The van der Waals surface area contributed by atoms with Gasteiger partial charge in [-0.05, 0) is 18.7 Å². The number of piperazine rings is 1. The highest BCUT2D eigenvalue weighted by Crippen LogP contribution is 2.13. The molecule has 2 amide bonds. The van der Waals surface area contributed by atoms with Crippen molar-refractivity contribution in [3.05, 3.63) is 40.5 Å². The Balaban J connectivity index is 0.00000210. The van der Waals surface area contributed by atoms with Crippen molar-refractivity contribution in [1.29, 1.82) is 0 Å². The van der Waals surface area contributed by atoms with Crippen LogP contribution in [-0.2, 0) is 11.2 Å². The maximum Gasteiger partial charge on any atom is 0.270 e. The summed E-state index contributed by atoms with van der Waals surface area (Å²) in [6.07, 6.45) is 2.73. The van der Waals surface area contributed by atoms with Crippen LogP contribution in [0.1, 0.15) is 21.9 Å². The number of rotatable bonds is 7. The van der Waals surface area contributed by atoms with Gasteiger partial charge >= 0.3 is 0 Å². The van der Waals surface area contributed by atoms with Gasteiger partial charge in [-0.2, -0.15) is 0 Å². The van der Waals surface area contributed by atoms with Crippen molar-refractivity contribution in [3.8, 4) is 0 Å². The molecule has 0 aliphatic carbocycles. The number of halogens is 2. The third-order valence-electron chi connectivity index (χ3n) is 4.37. The maximum atomic E-state index is 12.4. The van der Waals surface area contributed by atoms with E-state index in [1.807, 2.05) is 23.1 Å². The van der Waals surface area contributed by atoms with E-state index in [4.69, 9.17) is 5.73 Å². The van der Waals surface area contributed by atoms with Crippen LogP contribution >= 0.6 is 36.2 Å². The predicted molar refractivity (Wildman–Crippen MR) is 119 cm³/mol. The van der Waals surface area contributed by atoms with E-state index >= 15 is 0 Å². The largest absolute Gasteiger partial charge is 0.353 e. The molecule has 8 nitrogen and oxygen atoms in total. The van der Waals surface area contributed by atoms with Gasteiger partial charge in [-0.1, -0.05) is 6.07 Å². The predicted octanol–water partition coefficient (Wildman–Crippen LogP) is 1.35. The fraction of sp³-hybridized carbons (Fsp3) is 0.444. The Kier molecular flexibility index (Phi) is 10.9. The number of nitrogens with one attached hydrogen (secondary N) is 1. The molecule has 0 unspecified atom stereocenters. The van der Waals surface area contributed by atoms with Crippen molar-refractivity contribution >= 4 is 53.8 Å². The van der Waals surface area contributed by atoms with Gasteiger partial charge in [-0.15, -0.1) is 36.2 Å². The fourth-order valence-corrected chi connectivity index (χ4v) is 3.71. The Morgan fingerprint density at radius 1 is 1.17 bits per heavy atom. The lowest BCUT2D eigenvalue weighted by atomic mass is 10.2. The molecule has 0 bridgehead atoms. The molecule has 1 fully saturated rings. The number of hydrogen-bond acceptors (Lipinski definition) is 7. The minimum Gasteiger partial charge on any atom is -0.353 e. The third-order valence-corrected chi connectivity index (χ3v) is 5.28. The normalized spacial score (nSPS) is 13.3. The number of nitrogens with two attached hydrogens (primary N) is 1. The van der Waals surface area contributed by atoms with Crippen LogP contribution in [0.15, 0.2) is 29.8 Å². The lowest BCUT2D eigenvalue weighted by Crippen LogP contribution is -2.49. The second kappa shape index (κ2) is 12.6. The number of anilines is 1. The van der Waals surface area contributed by atoms with Crippen LogP contribution in [0.2, 0.25) is 0 Å². The standard InChI is InChI=1S/C18H24N6O2S.2ClH/c19-6-4-16-22-14(13-27-16)18(26)21-8-5-17(25)24-11-9-23(10-12-24)15-3-1-2-7-20-15;;/h1-3,7,13H,4-6,8-12,19H2,(H,21,26);2*1H. The van der Waals surface area contributed by atoms with Crippen molar-refractivity contribution in [1.82, 2.24) is 20.2 Å². The van der Waals surface area contributed by atoms with Crippen LogP contribution in [0.3, 0.4) is 0 Å². The molecule has 2 aromatic heterocycles. The molecule has 0 radical (unpaired) electrons. The summed E-state index contributed by atoms with van der Waals surface area (Å²) in [4.78, 5) is 37.0. The molecular formula is C18H26Cl2N6O2S. The van der Waals surface area contributed by atoms with Gasteiger partial charge in [0.25, 0.3) is 5.91 Å². The third kappa shape index (κ3) is 7.11. The molecule has 1 saturated heterocycles. The van der Waals surface area contributed by atoms with Crippen LogP contribution in [0, 0.1) is 0 Å². The van der Waals surface area contributed by atoms with Crippen molar-refractivity contribution < 1.29 is 9.59 Å². The average Bonchev–Trinajstić information content (AvgIpc) is 3.18. The van der Waals surface area contributed by atoms with E-state index in [9.17, 15) is 9.59 Å². The summed E-state index contributed by atoms with van der Waals surface area (Å²) in [5, 5.41) is 5.34. The molecule has 3 heterocycles.